The van der Waals surface area contributed by atoms with Gasteiger partial charge in [-0.15, -0.1) is 0 Å². The van der Waals surface area contributed by atoms with Crippen molar-refractivity contribution in [2.24, 2.45) is 0 Å². The van der Waals surface area contributed by atoms with Crippen LogP contribution >= 0.6 is 11.8 Å². The maximum absolute atomic E-state index is 11.1. The van der Waals surface area contributed by atoms with E-state index in [1.54, 1.807) is 0 Å². The molecule has 3 atom stereocenters. The van der Waals surface area contributed by atoms with E-state index in [-0.39, 0.29) is 6.03 Å². The summed E-state index contributed by atoms with van der Waals surface area (Å²) in [5.74, 6) is 1.02. The fourth-order valence-electron chi connectivity index (χ4n) is 2.22. The number of thioether (sulfide) groups is 1. The van der Waals surface area contributed by atoms with Gasteiger partial charge in [0.1, 0.15) is 6.29 Å². The van der Waals surface area contributed by atoms with Gasteiger partial charge in [-0.2, -0.15) is 11.8 Å². The molecule has 0 aromatic carbocycles. The van der Waals surface area contributed by atoms with Crippen LogP contribution < -0.4 is 10.6 Å². The van der Waals surface area contributed by atoms with E-state index in [2.05, 4.69) is 10.6 Å². The Kier molecular flexibility index (Phi) is 3.51. The van der Waals surface area contributed by atoms with Crippen LogP contribution in [0.25, 0.3) is 0 Å². The van der Waals surface area contributed by atoms with Crippen LogP contribution in [-0.2, 0) is 4.79 Å². The predicted octanol–water partition coefficient (Wildman–Crippen LogP) is 0.911. The number of urea groups is 1. The summed E-state index contributed by atoms with van der Waals surface area (Å²) in [6.45, 7) is 0. The summed E-state index contributed by atoms with van der Waals surface area (Å²) in [6, 6.07) is 0.598. The number of carbonyl (C=O) groups is 2. The molecule has 0 radical (unpaired) electrons. The van der Waals surface area contributed by atoms with E-state index in [4.69, 9.17) is 0 Å². The number of aldehydes is 1. The van der Waals surface area contributed by atoms with Crippen molar-refractivity contribution in [1.29, 1.82) is 0 Å². The maximum Gasteiger partial charge on any atom is 0.315 e. The lowest BCUT2D eigenvalue weighted by Gasteiger charge is -2.15. The van der Waals surface area contributed by atoms with Crippen molar-refractivity contribution < 1.29 is 9.59 Å². The average molecular weight is 228 g/mol. The number of hydrogen-bond acceptors (Lipinski definition) is 3. The first kappa shape index (κ1) is 10.8. The molecule has 5 heteroatoms. The van der Waals surface area contributed by atoms with Crippen LogP contribution in [0.3, 0.4) is 0 Å². The molecule has 0 spiro atoms. The van der Waals surface area contributed by atoms with E-state index in [1.807, 2.05) is 11.8 Å². The molecule has 2 amide bonds. The van der Waals surface area contributed by atoms with Crippen molar-refractivity contribution in [1.82, 2.24) is 10.6 Å². The molecule has 0 bridgehead atoms. The monoisotopic (exact) mass is 228 g/mol. The Bertz CT molecular complexity index is 260. The van der Waals surface area contributed by atoms with Crippen molar-refractivity contribution >= 4 is 24.1 Å². The largest absolute Gasteiger partial charge is 0.332 e. The number of hydrogen-bond donors (Lipinski definition) is 2. The highest BCUT2D eigenvalue weighted by Gasteiger charge is 2.42. The summed E-state index contributed by atoms with van der Waals surface area (Å²) in [4.78, 5) is 21.3. The van der Waals surface area contributed by atoms with Crippen LogP contribution in [0.15, 0.2) is 0 Å². The SMILES string of the molecule is O=CCCCC[C@@H]1SC[C@@H]2NC(=O)NC21. The van der Waals surface area contributed by atoms with Gasteiger partial charge in [-0.3, -0.25) is 0 Å². The van der Waals surface area contributed by atoms with Crippen LogP contribution in [-0.4, -0.2) is 35.4 Å². The Morgan fingerprint density at radius 2 is 2.27 bits per heavy atom. The van der Waals surface area contributed by atoms with Crippen LogP contribution in [0.4, 0.5) is 4.79 Å². The Hall–Kier alpha value is -0.710. The standard InChI is InChI=1S/C10H16N2O2S/c13-5-3-1-2-4-8-9-7(6-15-8)11-10(14)12-9/h5,7-9H,1-4,6H2,(H2,11,12,14)/t7-,8-,9?/m0/s1. The van der Waals surface area contributed by atoms with Crippen molar-refractivity contribution in [3.8, 4) is 0 Å². The summed E-state index contributed by atoms with van der Waals surface area (Å²) in [7, 11) is 0. The molecule has 15 heavy (non-hydrogen) atoms. The third-order valence-corrected chi connectivity index (χ3v) is 4.51. The Balaban J connectivity index is 1.74. The van der Waals surface area contributed by atoms with Crippen LogP contribution in [0.2, 0.25) is 0 Å². The number of fused-ring (bicyclic) bond motifs is 1. The van der Waals surface area contributed by atoms with Crippen molar-refractivity contribution in [3.63, 3.8) is 0 Å². The molecule has 84 valence electrons. The molecule has 2 fully saturated rings. The summed E-state index contributed by atoms with van der Waals surface area (Å²) >= 11 is 1.93. The smallest absolute Gasteiger partial charge is 0.315 e. The van der Waals surface area contributed by atoms with Crippen molar-refractivity contribution in [2.75, 3.05) is 5.75 Å². The van der Waals surface area contributed by atoms with Gasteiger partial charge in [-0.05, 0) is 12.8 Å². The topological polar surface area (TPSA) is 58.2 Å². The highest BCUT2D eigenvalue weighted by atomic mass is 32.2. The molecule has 1 unspecified atom stereocenters. The van der Waals surface area contributed by atoms with E-state index in [9.17, 15) is 9.59 Å². The van der Waals surface area contributed by atoms with Crippen LogP contribution in [0.5, 0.6) is 0 Å². The van der Waals surface area contributed by atoms with Crippen LogP contribution in [0, 0.1) is 0 Å². The second-order valence-corrected chi connectivity index (χ2v) is 5.35. The first-order valence-electron chi connectivity index (χ1n) is 5.43. The molecule has 2 heterocycles. The number of nitrogens with one attached hydrogen (secondary N) is 2. The molecule has 2 rings (SSSR count). The first-order valence-corrected chi connectivity index (χ1v) is 6.48. The van der Waals surface area contributed by atoms with E-state index in [1.165, 1.54) is 0 Å². The summed E-state index contributed by atoms with van der Waals surface area (Å²) in [5.41, 5.74) is 0. The first-order chi connectivity index (χ1) is 7.31. The van der Waals surface area contributed by atoms with E-state index >= 15 is 0 Å². The number of carbonyl (C=O) groups excluding carboxylic acids is 2. The van der Waals surface area contributed by atoms with Gasteiger partial charge in [0, 0.05) is 17.4 Å². The van der Waals surface area contributed by atoms with Crippen LogP contribution in [0.1, 0.15) is 25.7 Å². The number of amides is 2. The highest BCUT2D eigenvalue weighted by Crippen LogP contribution is 2.33. The van der Waals surface area contributed by atoms with E-state index < -0.39 is 0 Å². The Morgan fingerprint density at radius 3 is 3.07 bits per heavy atom. The minimum atomic E-state index is -0.0248. The van der Waals surface area contributed by atoms with Gasteiger partial charge in [-0.25, -0.2) is 4.79 Å². The molecule has 0 aromatic heterocycles. The fraction of sp³-hybridized carbons (Fsp3) is 0.800. The molecular weight excluding hydrogens is 212 g/mol. The third kappa shape index (κ3) is 2.45. The zero-order valence-electron chi connectivity index (χ0n) is 8.57. The zero-order valence-corrected chi connectivity index (χ0v) is 9.39. The number of rotatable bonds is 5. The zero-order chi connectivity index (χ0) is 10.7. The molecule has 2 aliphatic heterocycles. The second kappa shape index (κ2) is 4.88. The predicted molar refractivity (Wildman–Crippen MR) is 60.0 cm³/mol. The lowest BCUT2D eigenvalue weighted by Crippen LogP contribution is -2.36. The lowest BCUT2D eigenvalue weighted by atomic mass is 10.0. The summed E-state index contributed by atoms with van der Waals surface area (Å²) in [6.07, 6.45) is 4.79. The summed E-state index contributed by atoms with van der Waals surface area (Å²) in [5, 5.41) is 6.42. The lowest BCUT2D eigenvalue weighted by molar-refractivity contribution is -0.107. The quantitative estimate of drug-likeness (QED) is 0.418. The second-order valence-electron chi connectivity index (χ2n) is 4.07. The highest BCUT2D eigenvalue weighted by molar-refractivity contribution is 8.00. The van der Waals surface area contributed by atoms with E-state index in [0.29, 0.717) is 23.8 Å². The van der Waals surface area contributed by atoms with Crippen molar-refractivity contribution in [3.05, 3.63) is 0 Å². The third-order valence-electron chi connectivity index (χ3n) is 3.00. The normalized spacial score (nSPS) is 33.3. The van der Waals surface area contributed by atoms with Gasteiger partial charge < -0.3 is 15.4 Å². The van der Waals surface area contributed by atoms with Gasteiger partial charge in [0.25, 0.3) is 0 Å². The molecule has 2 N–H and O–H groups in total. The van der Waals surface area contributed by atoms with Gasteiger partial charge in [0.2, 0.25) is 0 Å². The molecule has 2 saturated heterocycles. The molecule has 0 aromatic rings. The molecule has 0 saturated carbocycles. The van der Waals surface area contributed by atoms with Gasteiger partial charge >= 0.3 is 6.03 Å². The minimum absolute atomic E-state index is 0.0248. The molecule has 4 nitrogen and oxygen atoms in total. The minimum Gasteiger partial charge on any atom is -0.332 e. The van der Waals surface area contributed by atoms with Crippen molar-refractivity contribution in [2.45, 2.75) is 43.0 Å². The maximum atomic E-state index is 11.1. The average Bonchev–Trinajstić information content (AvgIpc) is 2.73. The van der Waals surface area contributed by atoms with Gasteiger partial charge in [-0.1, -0.05) is 6.42 Å². The number of unbranched alkanes of at least 4 members (excludes halogenated alkanes) is 2. The fourth-order valence-corrected chi connectivity index (χ4v) is 3.76. The van der Waals surface area contributed by atoms with Gasteiger partial charge in [0.05, 0.1) is 12.1 Å². The molecular formula is C10H16N2O2S. The molecule has 2 aliphatic rings. The van der Waals surface area contributed by atoms with E-state index in [0.717, 1.165) is 31.3 Å². The van der Waals surface area contributed by atoms with Gasteiger partial charge in [0.15, 0.2) is 0 Å². The summed E-state index contributed by atoms with van der Waals surface area (Å²) < 4.78 is 0. The Morgan fingerprint density at radius 1 is 1.40 bits per heavy atom. The molecule has 0 aliphatic carbocycles. The Labute approximate surface area is 93.6 Å².